The molecule has 0 atom stereocenters. The number of hydrogen-bond donors (Lipinski definition) is 0. The molecule has 0 saturated heterocycles. The van der Waals surface area contributed by atoms with Crippen molar-refractivity contribution in [3.05, 3.63) is 40.0 Å². The van der Waals surface area contributed by atoms with Gasteiger partial charge in [0.1, 0.15) is 1.43 Å². The van der Waals surface area contributed by atoms with E-state index in [1.807, 2.05) is 0 Å². The predicted molar refractivity (Wildman–Crippen MR) is 79.3 cm³/mol. The van der Waals surface area contributed by atoms with E-state index in [1.54, 1.807) is 0 Å². The molecule has 1 aliphatic carbocycles. The normalized spacial score (nSPS) is 17.9. The fraction of sp³-hybridized carbons (Fsp3) is 0.333. The van der Waals surface area contributed by atoms with Crippen LogP contribution in [0.1, 0.15) is 29.2 Å². The van der Waals surface area contributed by atoms with Crippen molar-refractivity contribution in [1.29, 1.82) is 0 Å². The smallest absolute Gasteiger partial charge is 0.0569 e. The number of benzene rings is 1. The molecule has 74 valence electrons. The lowest BCUT2D eigenvalue weighted by atomic mass is 10.0. The summed E-state index contributed by atoms with van der Waals surface area (Å²) in [5.74, 6) is 0. The molecular weight excluding hydrogens is 398 g/mol. The molecule has 1 aromatic rings. The lowest BCUT2D eigenvalue weighted by Crippen LogP contribution is -2.06. The van der Waals surface area contributed by atoms with Crippen molar-refractivity contribution in [2.45, 2.75) is 22.2 Å². The molecular formula is C12H12I2. The van der Waals surface area contributed by atoms with Crippen LogP contribution in [0.25, 0.3) is 6.08 Å². The highest BCUT2D eigenvalue weighted by atomic mass is 127. The molecule has 2 rings (SSSR count). The predicted octanol–water partition coefficient (Wildman–Crippen LogP) is 4.74. The van der Waals surface area contributed by atoms with E-state index in [-0.39, 0.29) is 1.43 Å². The Hall–Kier alpha value is 0.420. The highest BCUT2D eigenvalue weighted by molar-refractivity contribution is 14.2. The van der Waals surface area contributed by atoms with Crippen molar-refractivity contribution in [3.8, 4) is 0 Å². The minimum Gasteiger partial charge on any atom is -0.0569 e. The van der Waals surface area contributed by atoms with Gasteiger partial charge in [-0.15, -0.1) is 0 Å². The highest BCUT2D eigenvalue weighted by Crippen LogP contribution is 2.52. The van der Waals surface area contributed by atoms with E-state index in [2.05, 4.69) is 84.2 Å². The van der Waals surface area contributed by atoms with E-state index >= 15 is 0 Å². The molecule has 0 aliphatic heterocycles. The lowest BCUT2D eigenvalue weighted by molar-refractivity contribution is 1.15. The maximum atomic E-state index is 2.54. The zero-order valence-electron chi connectivity index (χ0n) is 8.49. The first kappa shape index (κ1) is 10.9. The molecule has 0 amide bonds. The number of halogens is 2. The molecule has 0 fully saturated rings. The van der Waals surface area contributed by atoms with Gasteiger partial charge in [-0.25, -0.2) is 0 Å². The van der Waals surface area contributed by atoms with Gasteiger partial charge < -0.3 is 0 Å². The molecule has 0 unspecified atom stereocenters. The van der Waals surface area contributed by atoms with Gasteiger partial charge in [0.15, 0.2) is 0 Å². The summed E-state index contributed by atoms with van der Waals surface area (Å²) in [6, 6.07) is 4.57. The lowest BCUT2D eigenvalue weighted by Gasteiger charge is -2.19. The highest BCUT2D eigenvalue weighted by Gasteiger charge is 2.34. The zero-order valence-corrected chi connectivity index (χ0v) is 12.8. The van der Waals surface area contributed by atoms with Crippen molar-refractivity contribution < 1.29 is 0 Å². The Morgan fingerprint density at radius 3 is 2.36 bits per heavy atom. The fourth-order valence-electron chi connectivity index (χ4n) is 1.95. The molecule has 1 aliphatic rings. The Balaban J connectivity index is 2.73. The molecule has 14 heavy (non-hydrogen) atoms. The molecule has 0 radical (unpaired) electrons. The number of alkyl halides is 2. The van der Waals surface area contributed by atoms with E-state index in [9.17, 15) is 0 Å². The Kier molecular flexibility index (Phi) is 2.71. The summed E-state index contributed by atoms with van der Waals surface area (Å²) in [6.45, 7) is 6.59. The zero-order chi connectivity index (χ0) is 10.5. The summed E-state index contributed by atoms with van der Waals surface area (Å²) in [6.07, 6.45) is 2.32. The van der Waals surface area contributed by atoms with E-state index in [4.69, 9.17) is 0 Å². The van der Waals surface area contributed by atoms with Crippen LogP contribution in [0.4, 0.5) is 0 Å². The Morgan fingerprint density at radius 2 is 1.71 bits per heavy atom. The molecule has 0 N–H and O–H groups in total. The third-order valence-electron chi connectivity index (χ3n) is 2.73. The second-order valence-corrected chi connectivity index (χ2v) is 9.25. The molecule has 0 spiro atoms. The van der Waals surface area contributed by atoms with Crippen LogP contribution < -0.4 is 0 Å². The van der Waals surface area contributed by atoms with E-state index in [0.29, 0.717) is 0 Å². The number of rotatable bonds is 0. The van der Waals surface area contributed by atoms with Crippen LogP contribution >= 0.6 is 45.2 Å². The SMILES string of the molecule is CC1=Cc2c(C)cc(C)cc2C1(I)I. The minimum atomic E-state index is 0.168. The first-order valence-corrected chi connectivity index (χ1v) is 6.77. The molecule has 0 aromatic heterocycles. The topological polar surface area (TPSA) is 0 Å². The number of allylic oxidation sites excluding steroid dienone is 1. The second kappa shape index (κ2) is 3.47. The summed E-state index contributed by atoms with van der Waals surface area (Å²) in [4.78, 5) is 0. The van der Waals surface area contributed by atoms with Gasteiger partial charge in [0.2, 0.25) is 0 Å². The van der Waals surface area contributed by atoms with E-state index < -0.39 is 0 Å². The summed E-state index contributed by atoms with van der Waals surface area (Å²) < 4.78 is 0.168. The van der Waals surface area contributed by atoms with Gasteiger partial charge in [0, 0.05) is 0 Å². The average Bonchev–Trinajstić information content (AvgIpc) is 2.28. The van der Waals surface area contributed by atoms with Gasteiger partial charge in [0.25, 0.3) is 0 Å². The summed E-state index contributed by atoms with van der Waals surface area (Å²) in [5.41, 5.74) is 7.10. The standard InChI is InChI=1S/C12H12I2/c1-7-4-8(2)10-6-9(3)12(13,14)11(10)5-7/h4-6H,1-3H3. The van der Waals surface area contributed by atoms with Crippen LogP contribution in [-0.2, 0) is 1.43 Å². The van der Waals surface area contributed by atoms with Gasteiger partial charge in [-0.2, -0.15) is 0 Å². The Morgan fingerprint density at radius 1 is 1.07 bits per heavy atom. The third-order valence-corrected chi connectivity index (χ3v) is 5.59. The van der Waals surface area contributed by atoms with Crippen LogP contribution in [0.15, 0.2) is 17.7 Å². The largest absolute Gasteiger partial charge is 0.120 e. The van der Waals surface area contributed by atoms with Crippen molar-refractivity contribution in [3.63, 3.8) is 0 Å². The van der Waals surface area contributed by atoms with Crippen LogP contribution in [0.5, 0.6) is 0 Å². The first-order chi connectivity index (χ1) is 6.43. The second-order valence-electron chi connectivity index (χ2n) is 3.94. The number of aryl methyl sites for hydroxylation is 2. The van der Waals surface area contributed by atoms with Gasteiger partial charge in [-0.1, -0.05) is 69.0 Å². The molecule has 0 saturated carbocycles. The summed E-state index contributed by atoms with van der Waals surface area (Å²) in [5, 5.41) is 0. The minimum absolute atomic E-state index is 0.168. The fourth-order valence-corrected chi connectivity index (χ4v) is 3.15. The van der Waals surface area contributed by atoms with Gasteiger partial charge in [0.05, 0.1) is 0 Å². The molecule has 0 nitrogen and oxygen atoms in total. The van der Waals surface area contributed by atoms with Crippen LogP contribution in [0, 0.1) is 13.8 Å². The third kappa shape index (κ3) is 1.54. The first-order valence-electron chi connectivity index (χ1n) is 4.61. The van der Waals surface area contributed by atoms with Crippen LogP contribution in [0.2, 0.25) is 0 Å². The van der Waals surface area contributed by atoms with Gasteiger partial charge in [-0.3, -0.25) is 0 Å². The number of fused-ring (bicyclic) bond motifs is 1. The van der Waals surface area contributed by atoms with Crippen molar-refractivity contribution >= 4 is 51.3 Å². The molecule has 2 heteroatoms. The van der Waals surface area contributed by atoms with Gasteiger partial charge in [-0.05, 0) is 43.0 Å². The summed E-state index contributed by atoms with van der Waals surface area (Å²) in [7, 11) is 0. The Bertz CT molecular complexity index is 428. The molecule has 0 bridgehead atoms. The van der Waals surface area contributed by atoms with Crippen molar-refractivity contribution in [2.75, 3.05) is 0 Å². The van der Waals surface area contributed by atoms with Crippen molar-refractivity contribution in [2.24, 2.45) is 0 Å². The number of hydrogen-bond acceptors (Lipinski definition) is 0. The average molecular weight is 410 g/mol. The maximum Gasteiger partial charge on any atom is 0.120 e. The Labute approximate surface area is 112 Å². The van der Waals surface area contributed by atoms with Gasteiger partial charge >= 0.3 is 0 Å². The summed E-state index contributed by atoms with van der Waals surface area (Å²) >= 11 is 5.07. The van der Waals surface area contributed by atoms with Crippen LogP contribution in [-0.4, -0.2) is 0 Å². The quantitative estimate of drug-likeness (QED) is 0.428. The monoisotopic (exact) mass is 410 g/mol. The van der Waals surface area contributed by atoms with Crippen LogP contribution in [0.3, 0.4) is 0 Å². The molecule has 0 heterocycles. The maximum absolute atomic E-state index is 2.54. The van der Waals surface area contributed by atoms with E-state index in [1.165, 1.54) is 27.8 Å². The van der Waals surface area contributed by atoms with E-state index in [0.717, 1.165) is 0 Å². The van der Waals surface area contributed by atoms with Crippen molar-refractivity contribution in [1.82, 2.24) is 0 Å². The molecule has 1 aromatic carbocycles.